The molecule has 2 nitrogen and oxygen atoms in total. The molecule has 0 rings (SSSR count). The molecule has 0 fully saturated rings. The Bertz CT molecular complexity index is 72.0. The van der Waals surface area contributed by atoms with Gasteiger partial charge in [0, 0.05) is 5.92 Å². The van der Waals surface area contributed by atoms with Gasteiger partial charge in [0.05, 0.1) is 6.67 Å². The molecule has 0 aromatic carbocycles. The zero-order chi connectivity index (χ0) is 7.98. The molecule has 0 radical (unpaired) electrons. The van der Waals surface area contributed by atoms with Crippen LogP contribution in [-0.4, -0.2) is 38.8 Å². The lowest BCUT2D eigenvalue weighted by Gasteiger charge is -2.13. The molecule has 62 valence electrons. The molecule has 0 aliphatic heterocycles. The largest absolute Gasteiger partial charge is 0.330 e. The highest BCUT2D eigenvalue weighted by Gasteiger charge is 2.05. The van der Waals surface area contributed by atoms with Gasteiger partial charge in [-0.1, -0.05) is 0 Å². The van der Waals surface area contributed by atoms with Crippen molar-refractivity contribution in [3.05, 3.63) is 0 Å². The van der Waals surface area contributed by atoms with Crippen LogP contribution in [0.4, 0.5) is 4.39 Å². The molecule has 0 aliphatic carbocycles. The van der Waals surface area contributed by atoms with Gasteiger partial charge in [0.15, 0.2) is 0 Å². The SMILES string of the molecule is CN(C)CCC(CN)CF. The smallest absolute Gasteiger partial charge is 0.0935 e. The number of rotatable bonds is 5. The molecule has 0 amide bonds. The Morgan fingerprint density at radius 1 is 1.50 bits per heavy atom. The van der Waals surface area contributed by atoms with E-state index in [2.05, 4.69) is 0 Å². The summed E-state index contributed by atoms with van der Waals surface area (Å²) in [4.78, 5) is 2.04. The first kappa shape index (κ1) is 9.85. The fourth-order valence-corrected chi connectivity index (χ4v) is 0.699. The first-order valence-corrected chi connectivity index (χ1v) is 3.61. The summed E-state index contributed by atoms with van der Waals surface area (Å²) in [6, 6.07) is 0. The summed E-state index contributed by atoms with van der Waals surface area (Å²) in [5.74, 6) is 0.0578. The Balaban J connectivity index is 3.26. The first-order valence-electron chi connectivity index (χ1n) is 3.61. The molecule has 0 spiro atoms. The summed E-state index contributed by atoms with van der Waals surface area (Å²) < 4.78 is 12.0. The second-order valence-corrected chi connectivity index (χ2v) is 2.85. The summed E-state index contributed by atoms with van der Waals surface area (Å²) in [7, 11) is 3.96. The molecular formula is C7H17FN2. The Labute approximate surface area is 62.2 Å². The van der Waals surface area contributed by atoms with Gasteiger partial charge in [-0.2, -0.15) is 0 Å². The van der Waals surface area contributed by atoms with Crippen LogP contribution < -0.4 is 5.73 Å². The number of nitrogens with two attached hydrogens (primary N) is 1. The average Bonchev–Trinajstić information content (AvgIpc) is 1.90. The lowest BCUT2D eigenvalue weighted by Crippen LogP contribution is -2.22. The van der Waals surface area contributed by atoms with Crippen LogP contribution in [0.5, 0.6) is 0 Å². The molecule has 1 atom stereocenters. The van der Waals surface area contributed by atoms with Crippen LogP contribution in [0.25, 0.3) is 0 Å². The zero-order valence-electron chi connectivity index (χ0n) is 6.81. The van der Waals surface area contributed by atoms with Gasteiger partial charge in [0.2, 0.25) is 0 Å². The van der Waals surface area contributed by atoms with Crippen LogP contribution in [0, 0.1) is 5.92 Å². The van der Waals surface area contributed by atoms with Crippen molar-refractivity contribution in [3.8, 4) is 0 Å². The molecule has 0 saturated heterocycles. The lowest BCUT2D eigenvalue weighted by molar-refractivity contribution is 0.302. The third-order valence-corrected chi connectivity index (χ3v) is 1.54. The van der Waals surface area contributed by atoms with Gasteiger partial charge in [-0.25, -0.2) is 0 Å². The fourth-order valence-electron chi connectivity index (χ4n) is 0.699. The van der Waals surface area contributed by atoms with Crippen LogP contribution in [-0.2, 0) is 0 Å². The molecule has 0 aliphatic rings. The number of halogens is 1. The molecule has 1 unspecified atom stereocenters. The Morgan fingerprint density at radius 2 is 2.10 bits per heavy atom. The minimum atomic E-state index is -0.287. The van der Waals surface area contributed by atoms with Crippen molar-refractivity contribution < 1.29 is 4.39 Å². The topological polar surface area (TPSA) is 29.3 Å². The standard InChI is InChI=1S/C7H17FN2/c1-10(2)4-3-7(5-8)6-9/h7H,3-6,9H2,1-2H3. The predicted molar refractivity (Wildman–Crippen MR) is 41.7 cm³/mol. The summed E-state index contributed by atoms with van der Waals surface area (Å²) in [5.41, 5.74) is 5.31. The highest BCUT2D eigenvalue weighted by Crippen LogP contribution is 2.01. The van der Waals surface area contributed by atoms with Crippen molar-refractivity contribution in [2.24, 2.45) is 11.7 Å². The van der Waals surface area contributed by atoms with Crippen molar-refractivity contribution in [2.45, 2.75) is 6.42 Å². The second kappa shape index (κ2) is 5.62. The number of hydrogen-bond donors (Lipinski definition) is 1. The maximum absolute atomic E-state index is 12.0. The normalized spacial score (nSPS) is 14.1. The van der Waals surface area contributed by atoms with E-state index in [1.807, 2.05) is 19.0 Å². The minimum Gasteiger partial charge on any atom is -0.330 e. The third kappa shape index (κ3) is 4.70. The van der Waals surface area contributed by atoms with Gasteiger partial charge in [-0.3, -0.25) is 4.39 Å². The molecule has 0 aromatic rings. The van der Waals surface area contributed by atoms with Crippen molar-refractivity contribution in [1.29, 1.82) is 0 Å². The van der Waals surface area contributed by atoms with Crippen LogP contribution in [0.15, 0.2) is 0 Å². The summed E-state index contributed by atoms with van der Waals surface area (Å²) in [6.45, 7) is 1.10. The molecule has 0 aromatic heterocycles. The Hall–Kier alpha value is -0.150. The molecule has 2 N–H and O–H groups in total. The molecule has 0 bridgehead atoms. The molecule has 10 heavy (non-hydrogen) atoms. The summed E-state index contributed by atoms with van der Waals surface area (Å²) in [5, 5.41) is 0. The van der Waals surface area contributed by atoms with E-state index >= 15 is 0 Å². The van der Waals surface area contributed by atoms with Crippen LogP contribution in [0.2, 0.25) is 0 Å². The van der Waals surface area contributed by atoms with E-state index in [1.165, 1.54) is 0 Å². The third-order valence-electron chi connectivity index (χ3n) is 1.54. The van der Waals surface area contributed by atoms with Crippen LogP contribution in [0.1, 0.15) is 6.42 Å². The van der Waals surface area contributed by atoms with E-state index in [9.17, 15) is 4.39 Å². The van der Waals surface area contributed by atoms with Gasteiger partial charge < -0.3 is 10.6 Å². The van der Waals surface area contributed by atoms with Crippen molar-refractivity contribution in [1.82, 2.24) is 4.90 Å². The maximum Gasteiger partial charge on any atom is 0.0935 e. The fraction of sp³-hybridized carbons (Fsp3) is 1.00. The van der Waals surface area contributed by atoms with Gasteiger partial charge in [0.25, 0.3) is 0 Å². The summed E-state index contributed by atoms with van der Waals surface area (Å²) in [6.07, 6.45) is 0.861. The molecule has 0 heterocycles. The number of nitrogens with zero attached hydrogens (tertiary/aromatic N) is 1. The predicted octanol–water partition coefficient (Wildman–Crippen LogP) is 0.482. The van der Waals surface area contributed by atoms with Crippen molar-refractivity contribution in [3.63, 3.8) is 0 Å². The van der Waals surface area contributed by atoms with Crippen molar-refractivity contribution in [2.75, 3.05) is 33.9 Å². The molecular weight excluding hydrogens is 131 g/mol. The minimum absolute atomic E-state index is 0.0578. The van der Waals surface area contributed by atoms with Crippen LogP contribution >= 0.6 is 0 Å². The van der Waals surface area contributed by atoms with Crippen molar-refractivity contribution >= 4 is 0 Å². The number of hydrogen-bond acceptors (Lipinski definition) is 2. The van der Waals surface area contributed by atoms with Gasteiger partial charge in [-0.15, -0.1) is 0 Å². The summed E-state index contributed by atoms with van der Waals surface area (Å²) >= 11 is 0. The first-order chi connectivity index (χ1) is 4.70. The van der Waals surface area contributed by atoms with E-state index in [4.69, 9.17) is 5.73 Å². The highest BCUT2D eigenvalue weighted by atomic mass is 19.1. The zero-order valence-corrected chi connectivity index (χ0v) is 6.81. The quantitative estimate of drug-likeness (QED) is 0.614. The Morgan fingerprint density at radius 3 is 2.40 bits per heavy atom. The van der Waals surface area contributed by atoms with Gasteiger partial charge in [0.1, 0.15) is 0 Å². The van der Waals surface area contributed by atoms with E-state index in [0.717, 1.165) is 13.0 Å². The highest BCUT2D eigenvalue weighted by molar-refractivity contribution is 4.59. The van der Waals surface area contributed by atoms with E-state index in [1.54, 1.807) is 0 Å². The second-order valence-electron chi connectivity index (χ2n) is 2.85. The van der Waals surface area contributed by atoms with E-state index in [0.29, 0.717) is 6.54 Å². The van der Waals surface area contributed by atoms with E-state index < -0.39 is 0 Å². The lowest BCUT2D eigenvalue weighted by atomic mass is 10.1. The van der Waals surface area contributed by atoms with E-state index in [-0.39, 0.29) is 12.6 Å². The average molecular weight is 148 g/mol. The molecule has 0 saturated carbocycles. The van der Waals surface area contributed by atoms with Gasteiger partial charge in [-0.05, 0) is 33.6 Å². The monoisotopic (exact) mass is 148 g/mol. The molecule has 3 heteroatoms. The Kier molecular flexibility index (Phi) is 5.54. The van der Waals surface area contributed by atoms with Crippen LogP contribution in [0.3, 0.4) is 0 Å². The van der Waals surface area contributed by atoms with Gasteiger partial charge >= 0.3 is 0 Å². The maximum atomic E-state index is 12.0. The number of alkyl halides is 1.